The Bertz CT molecular complexity index is 345. The fourth-order valence-electron chi connectivity index (χ4n) is 2.43. The largest absolute Gasteiger partial charge is 0.550 e. The molecule has 27 heavy (non-hydrogen) atoms. The normalized spacial score (nSPS) is 10.1. The number of aliphatic hydroxyl groups is 1. The molecular weight excluding hydrogens is 472 g/mol. The summed E-state index contributed by atoms with van der Waals surface area (Å²) in [4.78, 5) is 19.5. The van der Waals surface area contributed by atoms with Gasteiger partial charge in [-0.3, -0.25) is 0 Å². The number of carboxylic acids is 2. The molecule has 0 aliphatic heterocycles. The van der Waals surface area contributed by atoms with Crippen molar-refractivity contribution in [2.24, 2.45) is 0 Å². The molecule has 0 rings (SSSR count). The van der Waals surface area contributed by atoms with E-state index in [9.17, 15) is 19.8 Å². The predicted molar refractivity (Wildman–Crippen MR) is 101 cm³/mol. The molecule has 0 spiro atoms. The molecule has 6 heteroatoms. The van der Waals surface area contributed by atoms with Crippen LogP contribution in [0.15, 0.2) is 12.2 Å². The Kier molecular flexibility index (Phi) is 33.1. The van der Waals surface area contributed by atoms with Crippen LogP contribution >= 0.6 is 0 Å². The van der Waals surface area contributed by atoms with Crippen molar-refractivity contribution in [3.63, 3.8) is 0 Å². The van der Waals surface area contributed by atoms with Crippen LogP contribution < -0.4 is 10.2 Å². The second-order valence-electron chi connectivity index (χ2n) is 6.55. The number of carbonyl (C=O) groups excluding carboxylic acids is 2. The van der Waals surface area contributed by atoms with Crippen LogP contribution in [0.3, 0.4) is 0 Å². The molecule has 0 aromatic rings. The molecular formula is C21H38CeO5-2. The molecule has 0 aromatic heterocycles. The van der Waals surface area contributed by atoms with Crippen molar-refractivity contribution in [1.29, 1.82) is 0 Å². The second-order valence-corrected chi connectivity index (χ2v) is 6.55. The summed E-state index contributed by atoms with van der Waals surface area (Å²) in [6.07, 6.45) is 20.6. The summed E-state index contributed by atoms with van der Waals surface area (Å²) in [5, 5.41) is 27.4. The molecule has 0 unspecified atom stereocenters. The van der Waals surface area contributed by atoms with Gasteiger partial charge in [0.25, 0.3) is 0 Å². The van der Waals surface area contributed by atoms with Crippen LogP contribution in [0, 0.1) is 41.7 Å². The Balaban J connectivity index is -0.000000709. The minimum absolute atomic E-state index is 0. The summed E-state index contributed by atoms with van der Waals surface area (Å²) in [5.41, 5.74) is 0. The number of rotatable bonds is 17. The fraction of sp³-hybridized carbons (Fsp3) is 0.810. The van der Waals surface area contributed by atoms with Gasteiger partial charge in [-0.05, 0) is 38.5 Å². The molecule has 0 aliphatic carbocycles. The fourth-order valence-corrected chi connectivity index (χ4v) is 2.43. The molecule has 0 amide bonds. The number of hydrogen-bond donors (Lipinski definition) is 1. The first-order chi connectivity index (χ1) is 12.5. The van der Waals surface area contributed by atoms with E-state index in [0.29, 0.717) is 0 Å². The van der Waals surface area contributed by atoms with Crippen molar-refractivity contribution in [2.45, 2.75) is 103 Å². The number of unbranched alkanes of at least 4 members (excludes halogenated alkanes) is 11. The van der Waals surface area contributed by atoms with E-state index in [1.807, 2.05) is 0 Å². The van der Waals surface area contributed by atoms with Crippen molar-refractivity contribution < 1.29 is 66.7 Å². The maximum Gasteiger partial charge on any atom is 0.0483 e. The molecule has 5 nitrogen and oxygen atoms in total. The van der Waals surface area contributed by atoms with Crippen molar-refractivity contribution >= 4 is 11.9 Å². The maximum absolute atomic E-state index is 10.2. The first-order valence-corrected chi connectivity index (χ1v) is 10.2. The van der Waals surface area contributed by atoms with E-state index in [-0.39, 0.29) is 61.2 Å². The zero-order valence-corrected chi connectivity index (χ0v) is 20.2. The molecule has 0 radical (unpaired) electrons. The minimum Gasteiger partial charge on any atom is -0.550 e. The Morgan fingerprint density at radius 2 is 1.11 bits per heavy atom. The van der Waals surface area contributed by atoms with Crippen LogP contribution in [0.25, 0.3) is 0 Å². The summed E-state index contributed by atoms with van der Waals surface area (Å²) in [6, 6.07) is 0. The van der Waals surface area contributed by atoms with E-state index >= 15 is 0 Å². The number of aliphatic carboxylic acids is 2. The summed E-state index contributed by atoms with van der Waals surface area (Å²) in [7, 11) is 0. The van der Waals surface area contributed by atoms with Crippen LogP contribution in [0.5, 0.6) is 0 Å². The van der Waals surface area contributed by atoms with Gasteiger partial charge in [0.15, 0.2) is 0 Å². The van der Waals surface area contributed by atoms with Gasteiger partial charge in [0.05, 0.1) is 0 Å². The average Bonchev–Trinajstić information content (AvgIpc) is 2.58. The second kappa shape index (κ2) is 28.2. The number of carboxylic acid groups (broad SMARTS) is 2. The topological polar surface area (TPSA) is 100 Å². The number of hydrogen-bond acceptors (Lipinski definition) is 5. The van der Waals surface area contributed by atoms with Crippen LogP contribution in [-0.2, 0) is 9.59 Å². The number of carbonyl (C=O) groups is 2. The number of aliphatic hydroxyl groups excluding tert-OH is 1. The molecule has 1 N–H and O–H groups in total. The molecule has 0 heterocycles. The molecule has 0 aliphatic rings. The Morgan fingerprint density at radius 1 is 0.704 bits per heavy atom. The van der Waals surface area contributed by atoms with E-state index in [0.717, 1.165) is 19.3 Å². The Labute approximate surface area is 199 Å². The molecule has 0 fully saturated rings. The van der Waals surface area contributed by atoms with Gasteiger partial charge < -0.3 is 24.9 Å². The van der Waals surface area contributed by atoms with Gasteiger partial charge >= 0.3 is 0 Å². The van der Waals surface area contributed by atoms with E-state index in [2.05, 4.69) is 19.1 Å². The first kappa shape index (κ1) is 31.7. The monoisotopic (exact) mass is 510 g/mol. The standard InChI is InChI=1S/C18H34O2.C3H6O3.Ce/c1-2-3-4-5-6-7-8-9-10-11-12-13-14-15-16-17-18(19)20;4-2-1-3(5)6;/h9-10H,2-8,11-17H2,1H3,(H,19,20);4H,1-2H2,(H,5,6);/p-2/b10-9-;;. The Morgan fingerprint density at radius 3 is 1.48 bits per heavy atom. The minimum atomic E-state index is -1.21. The molecule has 158 valence electrons. The summed E-state index contributed by atoms with van der Waals surface area (Å²) < 4.78 is 0. The summed E-state index contributed by atoms with van der Waals surface area (Å²) in [6.45, 7) is 1.93. The van der Waals surface area contributed by atoms with Gasteiger partial charge in [0, 0.05) is 66.7 Å². The molecule has 0 bridgehead atoms. The quantitative estimate of drug-likeness (QED) is 0.240. The third kappa shape index (κ3) is 37.5. The van der Waals surface area contributed by atoms with Crippen molar-refractivity contribution in [3.05, 3.63) is 12.2 Å². The third-order valence-electron chi connectivity index (χ3n) is 3.96. The smallest absolute Gasteiger partial charge is 0.0483 e. The predicted octanol–water partition coefficient (Wildman–Crippen LogP) is 2.89. The molecule has 0 atom stereocenters. The average molecular weight is 511 g/mol. The van der Waals surface area contributed by atoms with Gasteiger partial charge in [-0.15, -0.1) is 0 Å². The zero-order chi connectivity index (χ0) is 19.9. The van der Waals surface area contributed by atoms with Crippen LogP contribution in [0.2, 0.25) is 0 Å². The summed E-state index contributed by atoms with van der Waals surface area (Å²) >= 11 is 0. The maximum atomic E-state index is 10.2. The van der Waals surface area contributed by atoms with E-state index in [4.69, 9.17) is 5.11 Å². The zero-order valence-electron chi connectivity index (χ0n) is 17.0. The summed E-state index contributed by atoms with van der Waals surface area (Å²) in [5.74, 6) is -2.12. The number of allylic oxidation sites excluding steroid dienone is 2. The van der Waals surface area contributed by atoms with E-state index in [1.54, 1.807) is 0 Å². The van der Waals surface area contributed by atoms with Crippen molar-refractivity contribution in [2.75, 3.05) is 6.61 Å². The van der Waals surface area contributed by atoms with Gasteiger partial charge in [0.2, 0.25) is 0 Å². The van der Waals surface area contributed by atoms with Crippen molar-refractivity contribution in [1.82, 2.24) is 0 Å². The van der Waals surface area contributed by atoms with Gasteiger partial charge in [0.1, 0.15) is 0 Å². The van der Waals surface area contributed by atoms with E-state index < -0.39 is 11.9 Å². The SMILES string of the molecule is CCCCCCCC/C=C\CCCCCCCC(=O)[O-].O=C([O-])CCO.[Ce]. The van der Waals surface area contributed by atoms with Gasteiger partial charge in [-0.1, -0.05) is 70.4 Å². The Hall–Kier alpha value is 0.0166. The molecule has 0 saturated carbocycles. The van der Waals surface area contributed by atoms with E-state index in [1.165, 1.54) is 64.2 Å². The first-order valence-electron chi connectivity index (χ1n) is 10.2. The van der Waals surface area contributed by atoms with Crippen LogP contribution in [0.1, 0.15) is 103 Å². The van der Waals surface area contributed by atoms with Crippen LogP contribution in [-0.4, -0.2) is 23.7 Å². The van der Waals surface area contributed by atoms with Crippen LogP contribution in [0.4, 0.5) is 0 Å². The molecule has 0 saturated heterocycles. The molecule has 0 aromatic carbocycles. The van der Waals surface area contributed by atoms with Crippen molar-refractivity contribution in [3.8, 4) is 0 Å². The van der Waals surface area contributed by atoms with Gasteiger partial charge in [-0.25, -0.2) is 0 Å². The van der Waals surface area contributed by atoms with Gasteiger partial charge in [-0.2, -0.15) is 0 Å². The third-order valence-corrected chi connectivity index (χ3v) is 3.96.